The number of amides is 1. The molecule has 5 nitrogen and oxygen atoms in total. The van der Waals surface area contributed by atoms with Crippen LogP contribution in [0.25, 0.3) is 0 Å². The van der Waals surface area contributed by atoms with Gasteiger partial charge >= 0.3 is 6.18 Å². The summed E-state index contributed by atoms with van der Waals surface area (Å²) in [6, 6.07) is 1.08. The SMILES string of the molecule is Cc1cc(=O)c(C(=O)NCC(F)(F)F)n[nH]1. The summed E-state index contributed by atoms with van der Waals surface area (Å²) in [5.41, 5.74) is -0.900. The van der Waals surface area contributed by atoms with Crippen molar-refractivity contribution in [3.05, 3.63) is 27.7 Å². The van der Waals surface area contributed by atoms with Crippen molar-refractivity contribution < 1.29 is 18.0 Å². The Labute approximate surface area is 87.7 Å². The van der Waals surface area contributed by atoms with E-state index < -0.39 is 29.8 Å². The fourth-order valence-electron chi connectivity index (χ4n) is 0.923. The fourth-order valence-corrected chi connectivity index (χ4v) is 0.923. The van der Waals surface area contributed by atoms with E-state index in [1.54, 1.807) is 5.32 Å². The van der Waals surface area contributed by atoms with Crippen LogP contribution in [0.3, 0.4) is 0 Å². The molecular weight excluding hydrogens is 227 g/mol. The van der Waals surface area contributed by atoms with Crippen molar-refractivity contribution in [1.82, 2.24) is 15.5 Å². The van der Waals surface area contributed by atoms with Crippen molar-refractivity contribution in [2.45, 2.75) is 13.1 Å². The van der Waals surface area contributed by atoms with Gasteiger partial charge in [-0.2, -0.15) is 18.3 Å². The average molecular weight is 235 g/mol. The molecule has 1 heterocycles. The molecule has 0 aromatic carbocycles. The van der Waals surface area contributed by atoms with Crippen molar-refractivity contribution in [2.75, 3.05) is 6.54 Å². The van der Waals surface area contributed by atoms with Crippen LogP contribution in [-0.2, 0) is 0 Å². The van der Waals surface area contributed by atoms with E-state index in [1.807, 2.05) is 0 Å². The molecule has 0 radical (unpaired) electrons. The molecule has 0 aliphatic carbocycles. The Kier molecular flexibility index (Phi) is 3.31. The lowest BCUT2D eigenvalue weighted by Gasteiger charge is -2.07. The van der Waals surface area contributed by atoms with Gasteiger partial charge in [-0.25, -0.2) is 0 Å². The monoisotopic (exact) mass is 235 g/mol. The van der Waals surface area contributed by atoms with E-state index in [9.17, 15) is 22.8 Å². The van der Waals surface area contributed by atoms with E-state index >= 15 is 0 Å². The maximum atomic E-state index is 11.8. The summed E-state index contributed by atoms with van der Waals surface area (Å²) >= 11 is 0. The minimum absolute atomic E-state index is 0.414. The molecule has 88 valence electrons. The largest absolute Gasteiger partial charge is 0.405 e. The highest BCUT2D eigenvalue weighted by molar-refractivity contribution is 5.91. The first-order valence-electron chi connectivity index (χ1n) is 4.21. The fraction of sp³-hybridized carbons (Fsp3) is 0.375. The van der Waals surface area contributed by atoms with Crippen LogP contribution in [0.1, 0.15) is 16.2 Å². The van der Waals surface area contributed by atoms with Crippen LogP contribution in [0.2, 0.25) is 0 Å². The number of carbonyl (C=O) groups excluding carboxylic acids is 1. The number of hydrogen-bond acceptors (Lipinski definition) is 3. The van der Waals surface area contributed by atoms with Gasteiger partial charge in [-0.3, -0.25) is 14.7 Å². The maximum absolute atomic E-state index is 11.8. The van der Waals surface area contributed by atoms with Gasteiger partial charge in [0, 0.05) is 11.8 Å². The highest BCUT2D eigenvalue weighted by Gasteiger charge is 2.28. The molecule has 0 aliphatic heterocycles. The summed E-state index contributed by atoms with van der Waals surface area (Å²) in [6.45, 7) is 0.0344. The van der Waals surface area contributed by atoms with Crippen LogP contribution >= 0.6 is 0 Å². The van der Waals surface area contributed by atoms with Crippen molar-refractivity contribution in [3.8, 4) is 0 Å². The Morgan fingerprint density at radius 3 is 2.69 bits per heavy atom. The Morgan fingerprint density at radius 2 is 2.19 bits per heavy atom. The molecule has 0 atom stereocenters. The minimum Gasteiger partial charge on any atom is -0.341 e. The van der Waals surface area contributed by atoms with E-state index in [4.69, 9.17) is 0 Å². The summed E-state index contributed by atoms with van der Waals surface area (Å²) in [5, 5.41) is 7.24. The lowest BCUT2D eigenvalue weighted by Crippen LogP contribution is -2.36. The second-order valence-electron chi connectivity index (χ2n) is 3.06. The number of aryl methyl sites for hydroxylation is 1. The zero-order chi connectivity index (χ0) is 12.3. The topological polar surface area (TPSA) is 74.8 Å². The molecule has 0 spiro atoms. The van der Waals surface area contributed by atoms with E-state index in [1.165, 1.54) is 6.92 Å². The Morgan fingerprint density at radius 1 is 1.56 bits per heavy atom. The van der Waals surface area contributed by atoms with Gasteiger partial charge in [-0.05, 0) is 6.92 Å². The normalized spacial score (nSPS) is 11.2. The summed E-state index contributed by atoms with van der Waals surface area (Å²) in [4.78, 5) is 22.3. The maximum Gasteiger partial charge on any atom is 0.405 e. The van der Waals surface area contributed by atoms with Crippen LogP contribution < -0.4 is 10.7 Å². The van der Waals surface area contributed by atoms with Crippen molar-refractivity contribution in [2.24, 2.45) is 0 Å². The lowest BCUT2D eigenvalue weighted by atomic mass is 10.3. The number of alkyl halides is 3. The number of rotatable bonds is 2. The van der Waals surface area contributed by atoms with E-state index in [0.717, 1.165) is 6.07 Å². The number of carbonyl (C=O) groups is 1. The first kappa shape index (κ1) is 12.2. The van der Waals surface area contributed by atoms with Crippen molar-refractivity contribution >= 4 is 5.91 Å². The minimum atomic E-state index is -4.52. The van der Waals surface area contributed by atoms with Crippen molar-refractivity contribution in [1.29, 1.82) is 0 Å². The summed E-state index contributed by atoms with van der Waals surface area (Å²) in [6.07, 6.45) is -4.52. The van der Waals surface area contributed by atoms with Gasteiger partial charge in [0.2, 0.25) is 5.43 Å². The average Bonchev–Trinajstić information content (AvgIpc) is 2.13. The zero-order valence-corrected chi connectivity index (χ0v) is 8.18. The molecular formula is C8H8F3N3O2. The van der Waals surface area contributed by atoms with Crippen LogP contribution in [-0.4, -0.2) is 28.8 Å². The number of aromatic nitrogens is 2. The van der Waals surface area contributed by atoms with Gasteiger partial charge in [0.25, 0.3) is 5.91 Å². The number of halogens is 3. The second-order valence-corrected chi connectivity index (χ2v) is 3.06. The predicted molar refractivity (Wildman–Crippen MR) is 48.0 cm³/mol. The van der Waals surface area contributed by atoms with Crippen LogP contribution in [0.4, 0.5) is 13.2 Å². The Hall–Kier alpha value is -1.86. The summed E-state index contributed by atoms with van der Waals surface area (Å²) < 4.78 is 35.3. The van der Waals surface area contributed by atoms with Crippen molar-refractivity contribution in [3.63, 3.8) is 0 Å². The summed E-state index contributed by atoms with van der Waals surface area (Å²) in [7, 11) is 0. The number of aromatic amines is 1. The third kappa shape index (κ3) is 3.37. The smallest absolute Gasteiger partial charge is 0.341 e. The molecule has 16 heavy (non-hydrogen) atoms. The molecule has 8 heteroatoms. The highest BCUT2D eigenvalue weighted by atomic mass is 19.4. The molecule has 0 aliphatic rings. The Bertz CT molecular complexity index is 453. The molecule has 0 bridgehead atoms. The molecule has 0 fully saturated rings. The lowest BCUT2D eigenvalue weighted by molar-refractivity contribution is -0.123. The van der Waals surface area contributed by atoms with E-state index in [0.29, 0.717) is 5.69 Å². The van der Waals surface area contributed by atoms with Crippen LogP contribution in [0, 0.1) is 6.92 Å². The van der Waals surface area contributed by atoms with Gasteiger partial charge in [-0.15, -0.1) is 0 Å². The van der Waals surface area contributed by atoms with Crippen LogP contribution in [0.15, 0.2) is 10.9 Å². The standard InChI is InChI=1S/C8H8F3N3O2/c1-4-2-5(15)6(14-13-4)7(16)12-3-8(9,10)11/h2H,3H2,1H3,(H,12,16)(H,13,15). The quantitative estimate of drug-likeness (QED) is 0.777. The third-order valence-electron chi connectivity index (χ3n) is 1.59. The van der Waals surface area contributed by atoms with Gasteiger partial charge < -0.3 is 5.32 Å². The van der Waals surface area contributed by atoms with E-state index in [-0.39, 0.29) is 0 Å². The number of nitrogens with zero attached hydrogens (tertiary/aromatic N) is 1. The molecule has 0 saturated heterocycles. The predicted octanol–water partition coefficient (Wildman–Crippen LogP) is 0.370. The molecule has 1 amide bonds. The molecule has 0 saturated carbocycles. The number of hydrogen-bond donors (Lipinski definition) is 2. The summed E-state index contributed by atoms with van der Waals surface area (Å²) in [5.74, 6) is -1.15. The van der Waals surface area contributed by atoms with Gasteiger partial charge in [0.05, 0.1) is 0 Å². The number of nitrogens with one attached hydrogen (secondary N) is 2. The van der Waals surface area contributed by atoms with Gasteiger partial charge in [0.1, 0.15) is 6.54 Å². The Balaban J connectivity index is 2.78. The first-order chi connectivity index (χ1) is 7.29. The molecule has 0 unspecified atom stereocenters. The van der Waals surface area contributed by atoms with Crippen LogP contribution in [0.5, 0.6) is 0 Å². The first-order valence-corrected chi connectivity index (χ1v) is 4.21. The zero-order valence-electron chi connectivity index (χ0n) is 8.18. The molecule has 1 aromatic rings. The number of H-pyrrole nitrogens is 1. The third-order valence-corrected chi connectivity index (χ3v) is 1.59. The molecule has 2 N–H and O–H groups in total. The molecule has 1 rings (SSSR count). The van der Waals surface area contributed by atoms with E-state index in [2.05, 4.69) is 10.2 Å². The van der Waals surface area contributed by atoms with Gasteiger partial charge in [0.15, 0.2) is 5.69 Å². The van der Waals surface area contributed by atoms with Gasteiger partial charge in [-0.1, -0.05) is 0 Å². The second kappa shape index (κ2) is 4.33. The molecule has 1 aromatic heterocycles. The highest BCUT2D eigenvalue weighted by Crippen LogP contribution is 2.12.